The monoisotopic (exact) mass is 1030 g/mol. The molecule has 23 nitrogen and oxygen atoms in total. The van der Waals surface area contributed by atoms with Crippen LogP contribution in [0.3, 0.4) is 0 Å². The molecule has 0 unspecified atom stereocenters. The normalized spacial score (nSPS) is 20.7. The number of aliphatic hydroxyl groups is 1. The third kappa shape index (κ3) is 13.1. The molecule has 0 spiro atoms. The fraction of sp³-hybridized carbons (Fsp3) is 0.610. The van der Waals surface area contributed by atoms with Gasteiger partial charge >= 0.3 is 12.2 Å². The Balaban J connectivity index is 0.000000182. The molecule has 4 aromatic rings. The van der Waals surface area contributed by atoms with E-state index < -0.39 is 57.4 Å². The highest BCUT2D eigenvalue weighted by atomic mass is 35.5. The van der Waals surface area contributed by atoms with Crippen molar-refractivity contribution in [2.45, 2.75) is 96.8 Å². The minimum atomic E-state index is -2.96. The van der Waals surface area contributed by atoms with Gasteiger partial charge in [0.2, 0.25) is 29.1 Å². The van der Waals surface area contributed by atoms with Crippen LogP contribution in [-0.4, -0.2) is 166 Å². The summed E-state index contributed by atoms with van der Waals surface area (Å²) in [4.78, 5) is 68.4. The molecule has 2 amide bonds. The van der Waals surface area contributed by atoms with Crippen LogP contribution in [-0.2, 0) is 23.4 Å². The lowest BCUT2D eigenvalue weighted by atomic mass is 10.2. The van der Waals surface area contributed by atoms with Gasteiger partial charge in [0.25, 0.3) is 12.9 Å². The van der Waals surface area contributed by atoms with Crippen molar-refractivity contribution in [3.8, 4) is 22.8 Å². The molecule has 4 atom stereocenters. The largest absolute Gasteiger partial charge is 0.444 e. The molecule has 4 N–H and O–H groups in total. The van der Waals surface area contributed by atoms with Gasteiger partial charge in [0.1, 0.15) is 35.5 Å². The second-order valence-electron chi connectivity index (χ2n) is 17.7. The Morgan fingerprint density at radius 2 is 1.33 bits per heavy atom. The van der Waals surface area contributed by atoms with Gasteiger partial charge in [0, 0.05) is 38.6 Å². The van der Waals surface area contributed by atoms with E-state index in [2.05, 4.69) is 89.0 Å². The quantitative estimate of drug-likeness (QED) is 0.132. The van der Waals surface area contributed by atoms with Gasteiger partial charge in [-0.3, -0.25) is 0 Å². The molecule has 0 bridgehead atoms. The summed E-state index contributed by atoms with van der Waals surface area (Å²) in [5.41, 5.74) is 4.29. The highest BCUT2D eigenvalue weighted by molar-refractivity contribution is 6.74. The van der Waals surface area contributed by atoms with Crippen LogP contribution < -0.4 is 25.8 Å². The first-order valence-corrected chi connectivity index (χ1v) is 25.4. The molecule has 4 aliphatic heterocycles. The lowest BCUT2D eigenvalue weighted by Gasteiger charge is -2.37. The number of alkyl carbamates (subject to hydrolysis) is 1. The fourth-order valence-electron chi connectivity index (χ4n) is 6.77. The number of nitrogens with one attached hydrogen (secondary N) is 1. The van der Waals surface area contributed by atoms with Crippen molar-refractivity contribution in [3.63, 3.8) is 0 Å². The Morgan fingerprint density at radius 1 is 0.800 bits per heavy atom. The number of amides is 2. The van der Waals surface area contributed by atoms with Crippen molar-refractivity contribution in [3.05, 3.63) is 34.9 Å². The zero-order chi connectivity index (χ0) is 51.1. The number of nitrogens with two attached hydrogens (primary N) is 1. The van der Waals surface area contributed by atoms with E-state index in [1.165, 1.54) is 13.1 Å². The summed E-state index contributed by atoms with van der Waals surface area (Å²) in [6, 6.07) is -0.765. The molecular weight excluding hydrogens is 970 g/mol. The van der Waals surface area contributed by atoms with Gasteiger partial charge in [-0.05, 0) is 50.5 Å². The second-order valence-corrected chi connectivity index (χ2v) is 22.8. The van der Waals surface area contributed by atoms with Gasteiger partial charge in [-0.2, -0.15) is 29.9 Å². The van der Waals surface area contributed by atoms with E-state index in [1.807, 2.05) is 11.8 Å². The summed E-state index contributed by atoms with van der Waals surface area (Å²) in [6.07, 6.45) is -5.18. The molecule has 8 rings (SSSR count). The van der Waals surface area contributed by atoms with Gasteiger partial charge in [0.05, 0.1) is 56.8 Å². The third-order valence-corrected chi connectivity index (χ3v) is 16.5. The first kappa shape index (κ1) is 53.5. The van der Waals surface area contributed by atoms with Crippen LogP contribution in [0.25, 0.3) is 22.8 Å². The highest BCUT2D eigenvalue weighted by Gasteiger charge is 2.43. The number of carbonyl (C=O) groups is 2. The predicted octanol–water partition coefficient (Wildman–Crippen LogP) is 4.96. The second kappa shape index (κ2) is 22.9. The molecule has 4 saturated heterocycles. The van der Waals surface area contributed by atoms with Crippen LogP contribution >= 0.6 is 11.6 Å². The maximum Gasteiger partial charge on any atom is 0.417 e. The number of rotatable bonds is 11. The molecular formula is C41H56ClF4N15O8Si. The van der Waals surface area contributed by atoms with E-state index in [9.17, 15) is 32.3 Å². The van der Waals surface area contributed by atoms with Crippen LogP contribution in [0.1, 0.15) is 64.7 Å². The number of halogens is 5. The third-order valence-electron chi connectivity index (χ3n) is 11.8. The van der Waals surface area contributed by atoms with Gasteiger partial charge in [-0.15, -0.1) is 0 Å². The molecule has 4 fully saturated rings. The Bertz CT molecular complexity index is 2460. The Kier molecular flexibility index (Phi) is 17.6. The number of alkyl halides is 4. The number of hydrogen-bond acceptors (Lipinski definition) is 21. The standard InChI is InChI=1S/C17H20F2N8O4.C13H13ClF2N6O.C11H23NO3Si/c1-8-10(7-28)27(17(29)31-8)16-24-13(9-6-21-14(20)22-11(9)12(18)19)23-15(25-16)26-2-4-30-5-3-26;1-7-17-6-8(9(18-7)10(15)16)11-19-12(14)21-13(20-11)22-2-4-23-5-3-22;1-8-9(12-10(13)15-8)7-14-16(5,6)11(2,3)4/h6,8,10,12,28H,2-5,7H2,1H3,(H2,20,21,22);6,10H,2-5H2,1H3;8-9H,7H2,1-6H3,(H,12,13)/t8-,10+;;8-,9+/m1.1/s1. The van der Waals surface area contributed by atoms with E-state index in [4.69, 9.17) is 40.7 Å². The van der Waals surface area contributed by atoms with E-state index >= 15 is 0 Å². The number of hydrogen-bond donors (Lipinski definition) is 3. The SMILES string of the molecule is C[C@H]1OC(=O)N(c2nc(-c3cnc(N)nc3C(F)F)nc(N3CCOCC3)n2)[C@H]1CO.C[C@H]1OC(=O)N[C@H]1CO[Si](C)(C)C(C)(C)C.Cc1ncc(-c2nc(Cl)nc(N3CCOCC3)n2)c(C(F)F)n1. The number of aliphatic hydroxyl groups excluding tert-OH is 1. The molecule has 0 aromatic carbocycles. The predicted molar refractivity (Wildman–Crippen MR) is 247 cm³/mol. The van der Waals surface area contributed by atoms with E-state index in [0.717, 1.165) is 11.1 Å². The smallest absolute Gasteiger partial charge is 0.417 e. The Hall–Kier alpha value is -5.81. The van der Waals surface area contributed by atoms with E-state index in [1.54, 1.807) is 11.8 Å². The summed E-state index contributed by atoms with van der Waals surface area (Å²) < 4.78 is 80.5. The minimum absolute atomic E-state index is 0.0124. The molecule has 0 radical (unpaired) electrons. The highest BCUT2D eigenvalue weighted by Crippen LogP contribution is 2.37. The first-order valence-electron chi connectivity index (χ1n) is 22.1. The topological polar surface area (TPSA) is 277 Å². The summed E-state index contributed by atoms with van der Waals surface area (Å²) >= 11 is 5.93. The molecule has 4 aromatic heterocycles. The zero-order valence-corrected chi connectivity index (χ0v) is 41.5. The maximum atomic E-state index is 13.6. The number of ether oxygens (including phenoxy) is 4. The van der Waals surface area contributed by atoms with Crippen LogP contribution in [0.15, 0.2) is 12.4 Å². The van der Waals surface area contributed by atoms with Crippen molar-refractivity contribution in [2.24, 2.45) is 0 Å². The molecule has 0 saturated carbocycles. The number of nitrogens with zero attached hydrogens (tertiary/aromatic N) is 13. The van der Waals surface area contributed by atoms with Crippen molar-refractivity contribution >= 4 is 55.9 Å². The Morgan fingerprint density at radius 3 is 1.86 bits per heavy atom. The average molecular weight is 1030 g/mol. The maximum absolute atomic E-state index is 13.6. The summed E-state index contributed by atoms with van der Waals surface area (Å²) in [5, 5.41) is 12.6. The van der Waals surface area contributed by atoms with Crippen LogP contribution in [0.2, 0.25) is 23.4 Å². The van der Waals surface area contributed by atoms with Gasteiger partial charge in [-0.25, -0.2) is 52.0 Å². The lowest BCUT2D eigenvalue weighted by molar-refractivity contribution is 0.122. The van der Waals surface area contributed by atoms with Crippen molar-refractivity contribution in [1.29, 1.82) is 0 Å². The number of aromatic nitrogens is 10. The van der Waals surface area contributed by atoms with Crippen LogP contribution in [0, 0.1) is 6.92 Å². The number of aryl methyl sites for hydroxylation is 1. The summed E-state index contributed by atoms with van der Waals surface area (Å²) in [5.74, 6) is 0.134. The lowest BCUT2D eigenvalue weighted by Crippen LogP contribution is -2.45. The van der Waals surface area contributed by atoms with Crippen molar-refractivity contribution in [2.75, 3.05) is 86.3 Å². The molecule has 8 heterocycles. The fourth-order valence-corrected chi connectivity index (χ4v) is 7.96. The number of nitrogen functional groups attached to an aromatic ring is 1. The minimum Gasteiger partial charge on any atom is -0.444 e. The number of anilines is 4. The van der Waals surface area contributed by atoms with Crippen LogP contribution in [0.4, 0.5) is 50.9 Å². The molecule has 4 aliphatic rings. The molecule has 29 heteroatoms. The number of cyclic esters (lactones) is 2. The number of carbonyl (C=O) groups excluding carboxylic acids is 2. The van der Waals surface area contributed by atoms with Crippen LogP contribution in [0.5, 0.6) is 0 Å². The first-order chi connectivity index (χ1) is 33.1. The Labute approximate surface area is 406 Å². The molecule has 382 valence electrons. The van der Waals surface area contributed by atoms with Gasteiger partial charge < -0.3 is 49.3 Å². The molecule has 70 heavy (non-hydrogen) atoms. The van der Waals surface area contributed by atoms with Gasteiger partial charge in [0.15, 0.2) is 20.0 Å². The van der Waals surface area contributed by atoms with E-state index in [-0.39, 0.29) is 75.0 Å². The molecule has 0 aliphatic carbocycles. The van der Waals surface area contributed by atoms with Gasteiger partial charge in [-0.1, -0.05) is 20.8 Å². The summed E-state index contributed by atoms with van der Waals surface area (Å²) in [6.45, 7) is 20.2. The van der Waals surface area contributed by atoms with Crippen molar-refractivity contribution < 1.29 is 55.6 Å². The zero-order valence-electron chi connectivity index (χ0n) is 39.8. The van der Waals surface area contributed by atoms with E-state index in [0.29, 0.717) is 65.2 Å². The average Bonchev–Trinajstić information content (AvgIpc) is 3.81. The van der Waals surface area contributed by atoms with Crippen molar-refractivity contribution in [1.82, 2.24) is 55.2 Å². The number of morpholine rings is 2. The summed E-state index contributed by atoms with van der Waals surface area (Å²) in [7, 11) is -1.73.